The molecule has 0 aliphatic carbocycles. The lowest BCUT2D eigenvalue weighted by atomic mass is 9.96. The fourth-order valence-electron chi connectivity index (χ4n) is 5.66. The summed E-state index contributed by atoms with van der Waals surface area (Å²) >= 11 is 0. The molecule has 3 aromatic carbocycles. The predicted octanol–water partition coefficient (Wildman–Crippen LogP) is 5.42. The van der Waals surface area contributed by atoms with Gasteiger partial charge < -0.3 is 0 Å². The van der Waals surface area contributed by atoms with Gasteiger partial charge in [0.15, 0.2) is 5.82 Å². The fraction of sp³-hybridized carbons (Fsp3) is 0.267. The van der Waals surface area contributed by atoms with Crippen LogP contribution in [0, 0.1) is 0 Å². The summed E-state index contributed by atoms with van der Waals surface area (Å²) in [6.07, 6.45) is 4.64. The number of hydrogen-bond donors (Lipinski definition) is 1. The van der Waals surface area contributed by atoms with Gasteiger partial charge in [0, 0.05) is 29.8 Å². The Kier molecular flexibility index (Phi) is 6.26. The van der Waals surface area contributed by atoms with Crippen LogP contribution in [-0.4, -0.2) is 30.0 Å². The van der Waals surface area contributed by atoms with Crippen molar-refractivity contribution < 1.29 is 0 Å². The number of aromatic amines is 1. The molecular formula is C30H30N6O. The van der Waals surface area contributed by atoms with Crippen LogP contribution in [-0.2, 0) is 19.4 Å². The van der Waals surface area contributed by atoms with Crippen molar-refractivity contribution in [2.75, 3.05) is 0 Å². The molecule has 0 saturated carbocycles. The average molecular weight is 491 g/mol. The molecule has 1 atom stereocenters. The summed E-state index contributed by atoms with van der Waals surface area (Å²) in [4.78, 5) is 13.9. The molecule has 6 rings (SSSR count). The number of nitrogens with zero attached hydrogens (tertiary/aromatic N) is 5. The van der Waals surface area contributed by atoms with Crippen LogP contribution in [0.2, 0.25) is 0 Å². The van der Waals surface area contributed by atoms with Gasteiger partial charge in [0.2, 0.25) is 0 Å². The highest BCUT2D eigenvalue weighted by molar-refractivity contribution is 5.80. The molecule has 0 spiro atoms. The fourth-order valence-corrected chi connectivity index (χ4v) is 5.66. The van der Waals surface area contributed by atoms with E-state index in [0.717, 1.165) is 60.0 Å². The van der Waals surface area contributed by atoms with Crippen LogP contribution in [0.1, 0.15) is 54.6 Å². The molecule has 2 aromatic heterocycles. The molecule has 1 aliphatic heterocycles. The number of H-pyrrole nitrogens is 1. The molecule has 1 N–H and O–H groups in total. The first-order chi connectivity index (χ1) is 18.2. The summed E-state index contributed by atoms with van der Waals surface area (Å²) in [5.74, 6) is 0.643. The maximum absolute atomic E-state index is 13.9. The number of fused-ring (bicyclic) bond motifs is 1. The Bertz CT molecular complexity index is 1550. The Morgan fingerprint density at radius 1 is 0.946 bits per heavy atom. The van der Waals surface area contributed by atoms with Gasteiger partial charge in [0.25, 0.3) is 5.56 Å². The summed E-state index contributed by atoms with van der Waals surface area (Å²) in [7, 11) is 0. The van der Waals surface area contributed by atoms with E-state index < -0.39 is 0 Å². The van der Waals surface area contributed by atoms with Gasteiger partial charge >= 0.3 is 0 Å². The Morgan fingerprint density at radius 3 is 2.43 bits per heavy atom. The number of hydrogen-bond acceptors (Lipinski definition) is 4. The van der Waals surface area contributed by atoms with E-state index in [2.05, 4.69) is 86.8 Å². The molecule has 1 aliphatic rings. The third-order valence-electron chi connectivity index (χ3n) is 7.37. The minimum absolute atomic E-state index is 0.0938. The lowest BCUT2D eigenvalue weighted by Gasteiger charge is -2.28. The molecular weight excluding hydrogens is 460 g/mol. The summed E-state index contributed by atoms with van der Waals surface area (Å²) in [6, 6.07) is 27.1. The zero-order valence-corrected chi connectivity index (χ0v) is 21.0. The van der Waals surface area contributed by atoms with Gasteiger partial charge in [-0.1, -0.05) is 92.2 Å². The van der Waals surface area contributed by atoms with Gasteiger partial charge in [-0.15, -0.1) is 5.10 Å². The summed E-state index contributed by atoms with van der Waals surface area (Å²) in [5, 5.41) is 14.4. The lowest BCUT2D eigenvalue weighted by Crippen LogP contribution is -2.33. The monoisotopic (exact) mass is 490 g/mol. The first-order valence-electron chi connectivity index (χ1n) is 13.0. The number of benzene rings is 3. The van der Waals surface area contributed by atoms with E-state index in [-0.39, 0.29) is 11.6 Å². The summed E-state index contributed by atoms with van der Waals surface area (Å²) < 4.78 is 4.31. The van der Waals surface area contributed by atoms with Crippen molar-refractivity contribution in [1.29, 1.82) is 0 Å². The van der Waals surface area contributed by atoms with Crippen LogP contribution in [0.4, 0.5) is 0 Å². The Hall–Kier alpha value is -4.26. The van der Waals surface area contributed by atoms with E-state index in [9.17, 15) is 4.79 Å². The van der Waals surface area contributed by atoms with Crippen molar-refractivity contribution in [3.8, 4) is 22.5 Å². The van der Waals surface area contributed by atoms with Crippen LogP contribution in [0.5, 0.6) is 0 Å². The molecule has 1 unspecified atom stereocenters. The third kappa shape index (κ3) is 4.31. The largest absolute Gasteiger partial charge is 0.286 e. The molecule has 0 fully saturated rings. The maximum Gasteiger partial charge on any atom is 0.271 e. The molecule has 186 valence electrons. The first-order valence-corrected chi connectivity index (χ1v) is 13.0. The zero-order valence-electron chi connectivity index (χ0n) is 21.0. The van der Waals surface area contributed by atoms with Crippen molar-refractivity contribution >= 4 is 0 Å². The number of tetrazole rings is 1. The van der Waals surface area contributed by atoms with Crippen LogP contribution in [0.15, 0.2) is 83.7 Å². The highest BCUT2D eigenvalue weighted by atomic mass is 16.1. The minimum Gasteiger partial charge on any atom is -0.286 e. The second-order valence-electron chi connectivity index (χ2n) is 9.69. The van der Waals surface area contributed by atoms with Gasteiger partial charge in [-0.3, -0.25) is 9.48 Å². The smallest absolute Gasteiger partial charge is 0.271 e. The summed E-state index contributed by atoms with van der Waals surface area (Å²) in [5.41, 5.74) is 7.73. The molecule has 0 amide bonds. The highest BCUT2D eigenvalue weighted by Crippen LogP contribution is 2.31. The zero-order chi connectivity index (χ0) is 25.2. The molecule has 7 nitrogen and oxygen atoms in total. The van der Waals surface area contributed by atoms with Crippen molar-refractivity contribution in [2.24, 2.45) is 0 Å². The van der Waals surface area contributed by atoms with Crippen LogP contribution in [0.3, 0.4) is 0 Å². The van der Waals surface area contributed by atoms with Crippen molar-refractivity contribution in [1.82, 2.24) is 30.0 Å². The van der Waals surface area contributed by atoms with E-state index in [4.69, 9.17) is 0 Å². The quantitative estimate of drug-likeness (QED) is 0.330. The van der Waals surface area contributed by atoms with Crippen molar-refractivity contribution in [3.05, 3.63) is 112 Å². The van der Waals surface area contributed by atoms with Gasteiger partial charge in [-0.2, -0.15) is 0 Å². The second kappa shape index (κ2) is 10.0. The number of aromatic nitrogens is 6. The maximum atomic E-state index is 13.9. The third-order valence-corrected chi connectivity index (χ3v) is 7.37. The minimum atomic E-state index is 0.0938. The van der Waals surface area contributed by atoms with Crippen LogP contribution < -0.4 is 5.56 Å². The second-order valence-corrected chi connectivity index (χ2v) is 9.69. The van der Waals surface area contributed by atoms with Crippen LogP contribution >= 0.6 is 0 Å². The SMILES string of the molecule is CCCc1c(Cc2ccc(-c3ccccc3-c3nnn[nH]3)cc2)c(=O)n2n1CCCC2c1ccccc1. The molecule has 0 saturated heterocycles. The molecule has 5 aromatic rings. The van der Waals surface area contributed by atoms with E-state index >= 15 is 0 Å². The average Bonchev–Trinajstić information content (AvgIpc) is 3.58. The normalized spacial score (nSPS) is 15.0. The molecule has 0 bridgehead atoms. The predicted molar refractivity (Wildman–Crippen MR) is 144 cm³/mol. The van der Waals surface area contributed by atoms with E-state index in [1.54, 1.807) is 0 Å². The van der Waals surface area contributed by atoms with Gasteiger partial charge in [0.05, 0.1) is 6.04 Å². The van der Waals surface area contributed by atoms with Crippen molar-refractivity contribution in [2.45, 2.75) is 51.6 Å². The molecule has 7 heteroatoms. The molecule has 3 heterocycles. The van der Waals surface area contributed by atoms with Gasteiger partial charge in [-0.25, -0.2) is 9.78 Å². The Morgan fingerprint density at radius 2 is 1.70 bits per heavy atom. The number of rotatable bonds is 7. The first kappa shape index (κ1) is 23.2. The lowest BCUT2D eigenvalue weighted by molar-refractivity contribution is 0.303. The number of nitrogens with one attached hydrogen (secondary N) is 1. The van der Waals surface area contributed by atoms with Crippen molar-refractivity contribution in [3.63, 3.8) is 0 Å². The highest BCUT2D eigenvalue weighted by Gasteiger charge is 2.28. The Labute approximate surface area is 215 Å². The van der Waals surface area contributed by atoms with Crippen LogP contribution in [0.25, 0.3) is 22.5 Å². The standard InChI is InChI=1S/C30H30N6O/c1-2-9-28-26(30(37)36-27(14-8-19-35(28)36)23-10-4-3-5-11-23)20-21-15-17-22(18-16-21)24-12-6-7-13-25(24)29-31-33-34-32-29/h3-7,10-13,15-18,27H,2,8-9,14,19-20H2,1H3,(H,31,32,33,34). The van der Waals surface area contributed by atoms with E-state index in [1.807, 2.05) is 28.9 Å². The molecule has 37 heavy (non-hydrogen) atoms. The van der Waals surface area contributed by atoms with E-state index in [1.165, 1.54) is 11.3 Å². The topological polar surface area (TPSA) is 81.4 Å². The molecule has 0 radical (unpaired) electrons. The van der Waals surface area contributed by atoms with Gasteiger partial charge in [-0.05, 0) is 51.9 Å². The Balaban J connectivity index is 1.35. The van der Waals surface area contributed by atoms with E-state index in [0.29, 0.717) is 12.2 Å². The summed E-state index contributed by atoms with van der Waals surface area (Å²) in [6.45, 7) is 3.09. The van der Waals surface area contributed by atoms with Gasteiger partial charge in [0.1, 0.15) is 0 Å².